The Hall–Kier alpha value is -1.28. The standard InChI is InChI=1S/C66H129N2O6P/c1-6-8-10-12-14-16-18-20-22-24-26-28-29-30-31-32-33-34-35-36-37-38-39-40-42-44-46-48-50-52-54-56-58-60-66(70)67-64(63-74-75(71,72)73-62-61-68(3,4)5)65(69)59-57-55-53-51-49-47-45-43-41-27-25-23-21-19-17-15-13-11-9-7-2/h30-31,49,51,57,59,64-65,69H,6-29,32-48,50,52-56,58,60-63H2,1-5H3,(H-,67,70,71,72)/b31-30-,51-49+,59-57+. The number of quaternary nitrogens is 1. The predicted octanol–water partition coefficient (Wildman–Crippen LogP) is 19.9. The van der Waals surface area contributed by atoms with E-state index in [1.165, 1.54) is 270 Å². The molecule has 0 spiro atoms. The number of amides is 1. The normalized spacial score (nSPS) is 14.0. The molecule has 8 nitrogen and oxygen atoms in total. The van der Waals surface area contributed by atoms with Crippen LogP contribution in [0, 0.1) is 0 Å². The molecule has 0 rings (SSSR count). The zero-order valence-corrected chi connectivity index (χ0v) is 51.7. The summed E-state index contributed by atoms with van der Waals surface area (Å²) in [6, 6.07) is -0.903. The van der Waals surface area contributed by atoms with Crippen LogP contribution >= 0.6 is 7.82 Å². The summed E-state index contributed by atoms with van der Waals surface area (Å²) in [6.45, 7) is 4.68. The molecule has 0 fully saturated rings. The Morgan fingerprint density at radius 1 is 0.453 bits per heavy atom. The van der Waals surface area contributed by atoms with Gasteiger partial charge in [0.15, 0.2) is 0 Å². The van der Waals surface area contributed by atoms with Gasteiger partial charge in [-0.05, 0) is 57.8 Å². The van der Waals surface area contributed by atoms with Crippen LogP contribution in [0.4, 0.5) is 0 Å². The predicted molar refractivity (Wildman–Crippen MR) is 325 cm³/mol. The molecule has 0 aliphatic rings. The SMILES string of the molecule is CCCCCCCCCCCCCC/C=C\CCCCCCCCCCCCCCCCCCCC(=O)NC(COP(=O)([O-])OCC[N+](C)(C)C)C(O)/C=C/CC/C=C/CCCCCCCCCCCCCCCC. The van der Waals surface area contributed by atoms with E-state index >= 15 is 0 Å². The van der Waals surface area contributed by atoms with Crippen LogP contribution in [-0.4, -0.2) is 68.5 Å². The van der Waals surface area contributed by atoms with Gasteiger partial charge in [0.25, 0.3) is 7.82 Å². The van der Waals surface area contributed by atoms with Crippen molar-refractivity contribution >= 4 is 13.7 Å². The van der Waals surface area contributed by atoms with Gasteiger partial charge in [0.1, 0.15) is 13.2 Å². The summed E-state index contributed by atoms with van der Waals surface area (Å²) in [5, 5.41) is 13.9. The molecule has 0 aromatic rings. The second-order valence-corrected chi connectivity index (χ2v) is 25.2. The molecule has 0 heterocycles. The van der Waals surface area contributed by atoms with Gasteiger partial charge in [0.05, 0.1) is 39.9 Å². The van der Waals surface area contributed by atoms with E-state index in [-0.39, 0.29) is 19.1 Å². The first-order valence-corrected chi connectivity index (χ1v) is 34.3. The van der Waals surface area contributed by atoms with Gasteiger partial charge in [-0.25, -0.2) is 0 Å². The molecule has 1 amide bonds. The summed E-state index contributed by atoms with van der Waals surface area (Å²) in [5.74, 6) is -0.201. The minimum Gasteiger partial charge on any atom is -0.756 e. The fraction of sp³-hybridized carbons (Fsp3) is 0.894. The molecular weight excluding hydrogens is 948 g/mol. The number of allylic oxidation sites excluding steroid dienone is 5. The van der Waals surface area contributed by atoms with Gasteiger partial charge < -0.3 is 28.8 Å². The van der Waals surface area contributed by atoms with Crippen molar-refractivity contribution in [1.82, 2.24) is 5.32 Å². The lowest BCUT2D eigenvalue weighted by Crippen LogP contribution is -2.45. The van der Waals surface area contributed by atoms with Crippen LogP contribution < -0.4 is 10.2 Å². The lowest BCUT2D eigenvalue weighted by molar-refractivity contribution is -0.870. The molecule has 0 aliphatic heterocycles. The van der Waals surface area contributed by atoms with E-state index in [4.69, 9.17) is 9.05 Å². The molecule has 444 valence electrons. The van der Waals surface area contributed by atoms with Crippen molar-refractivity contribution in [3.8, 4) is 0 Å². The summed E-state index contributed by atoms with van der Waals surface area (Å²) in [7, 11) is 1.26. The first-order chi connectivity index (χ1) is 36.5. The van der Waals surface area contributed by atoms with Crippen LogP contribution in [-0.2, 0) is 18.4 Å². The van der Waals surface area contributed by atoms with Crippen molar-refractivity contribution in [2.24, 2.45) is 0 Å². The number of aliphatic hydroxyl groups excluding tert-OH is 1. The van der Waals surface area contributed by atoms with Gasteiger partial charge in [-0.3, -0.25) is 9.36 Å². The Morgan fingerprint density at radius 3 is 1.08 bits per heavy atom. The highest BCUT2D eigenvalue weighted by atomic mass is 31.2. The van der Waals surface area contributed by atoms with Crippen molar-refractivity contribution < 1.29 is 32.9 Å². The highest BCUT2D eigenvalue weighted by Gasteiger charge is 2.23. The molecule has 0 bridgehead atoms. The minimum absolute atomic E-state index is 0.00480. The Labute approximate surface area is 467 Å². The van der Waals surface area contributed by atoms with Gasteiger partial charge in [-0.1, -0.05) is 301 Å². The lowest BCUT2D eigenvalue weighted by atomic mass is 10.0. The highest BCUT2D eigenvalue weighted by molar-refractivity contribution is 7.45. The molecule has 0 aromatic carbocycles. The van der Waals surface area contributed by atoms with Crippen molar-refractivity contribution in [1.29, 1.82) is 0 Å². The number of carbonyl (C=O) groups is 1. The topological polar surface area (TPSA) is 108 Å². The van der Waals surface area contributed by atoms with Gasteiger partial charge in [0, 0.05) is 6.42 Å². The number of rotatable bonds is 61. The third-order valence-corrected chi connectivity index (χ3v) is 16.0. The maximum atomic E-state index is 13.0. The first-order valence-electron chi connectivity index (χ1n) is 32.9. The number of unbranched alkanes of at least 4 members (excludes halogenated alkanes) is 44. The van der Waals surface area contributed by atoms with Crippen molar-refractivity contribution in [3.05, 3.63) is 36.5 Å². The van der Waals surface area contributed by atoms with E-state index in [9.17, 15) is 19.4 Å². The van der Waals surface area contributed by atoms with Crippen LogP contribution in [0.25, 0.3) is 0 Å². The largest absolute Gasteiger partial charge is 0.756 e. The fourth-order valence-corrected chi connectivity index (χ4v) is 10.7. The highest BCUT2D eigenvalue weighted by Crippen LogP contribution is 2.38. The number of likely N-dealkylation sites (N-methyl/N-ethyl adjacent to an activating group) is 1. The average molecular weight is 1080 g/mol. The smallest absolute Gasteiger partial charge is 0.268 e. The first kappa shape index (κ1) is 73.7. The maximum Gasteiger partial charge on any atom is 0.268 e. The molecule has 0 aliphatic carbocycles. The number of phosphoric acid groups is 1. The van der Waals surface area contributed by atoms with Crippen molar-refractivity contribution in [2.45, 2.75) is 341 Å². The molecule has 3 unspecified atom stereocenters. The van der Waals surface area contributed by atoms with Gasteiger partial charge in [-0.2, -0.15) is 0 Å². The Balaban J connectivity index is 4.06. The number of carbonyl (C=O) groups excluding carboxylic acids is 1. The summed E-state index contributed by atoms with van der Waals surface area (Å²) >= 11 is 0. The van der Waals surface area contributed by atoms with Crippen LogP contribution in [0.2, 0.25) is 0 Å². The van der Waals surface area contributed by atoms with Crippen LogP contribution in [0.5, 0.6) is 0 Å². The van der Waals surface area contributed by atoms with E-state index in [1.54, 1.807) is 6.08 Å². The van der Waals surface area contributed by atoms with E-state index in [1.807, 2.05) is 27.2 Å². The van der Waals surface area contributed by atoms with Gasteiger partial charge in [-0.15, -0.1) is 0 Å². The molecule has 0 aromatic heterocycles. The van der Waals surface area contributed by atoms with Crippen molar-refractivity contribution in [3.63, 3.8) is 0 Å². The molecule has 75 heavy (non-hydrogen) atoms. The maximum absolute atomic E-state index is 13.0. The Morgan fingerprint density at radius 2 is 0.747 bits per heavy atom. The van der Waals surface area contributed by atoms with E-state index in [0.29, 0.717) is 17.4 Å². The Kier molecular flexibility index (Phi) is 56.4. The third-order valence-electron chi connectivity index (χ3n) is 15.1. The fourth-order valence-electron chi connectivity index (χ4n) is 9.93. The third kappa shape index (κ3) is 60.2. The van der Waals surface area contributed by atoms with Crippen molar-refractivity contribution in [2.75, 3.05) is 40.9 Å². The second-order valence-electron chi connectivity index (χ2n) is 23.8. The average Bonchev–Trinajstić information content (AvgIpc) is 3.37. The molecule has 0 radical (unpaired) electrons. The number of nitrogens with one attached hydrogen (secondary N) is 1. The zero-order chi connectivity index (χ0) is 54.9. The minimum atomic E-state index is -4.61. The molecule has 2 N–H and O–H groups in total. The monoisotopic (exact) mass is 1080 g/mol. The number of hydrogen-bond acceptors (Lipinski definition) is 6. The number of phosphoric ester groups is 1. The molecule has 0 saturated heterocycles. The van der Waals surface area contributed by atoms with E-state index < -0.39 is 20.0 Å². The molecular formula is C66H129N2O6P. The van der Waals surface area contributed by atoms with Crippen LogP contribution in [0.1, 0.15) is 328 Å². The summed E-state index contributed by atoms with van der Waals surface area (Å²) in [6.07, 6.45) is 75.5. The number of aliphatic hydroxyl groups is 1. The van der Waals surface area contributed by atoms with E-state index in [0.717, 1.165) is 38.5 Å². The summed E-state index contributed by atoms with van der Waals surface area (Å²) in [5.41, 5.74) is 0. The second kappa shape index (κ2) is 57.4. The number of hydrogen-bond donors (Lipinski definition) is 2. The van der Waals surface area contributed by atoms with Gasteiger partial charge in [0.2, 0.25) is 5.91 Å². The van der Waals surface area contributed by atoms with Gasteiger partial charge >= 0.3 is 0 Å². The molecule has 0 saturated carbocycles. The lowest BCUT2D eigenvalue weighted by Gasteiger charge is -2.29. The van der Waals surface area contributed by atoms with E-state index in [2.05, 4.69) is 43.5 Å². The number of nitrogens with zero attached hydrogens (tertiary/aromatic N) is 1. The summed E-state index contributed by atoms with van der Waals surface area (Å²) in [4.78, 5) is 25.6. The van der Waals surface area contributed by atoms with Crippen LogP contribution in [0.15, 0.2) is 36.5 Å². The molecule has 3 atom stereocenters. The Bertz CT molecular complexity index is 1320. The quantitative estimate of drug-likeness (QED) is 0.0272. The molecule has 9 heteroatoms. The summed E-state index contributed by atoms with van der Waals surface area (Å²) < 4.78 is 23.4. The van der Waals surface area contributed by atoms with Crippen LogP contribution in [0.3, 0.4) is 0 Å². The zero-order valence-electron chi connectivity index (χ0n) is 50.8.